The standard InChI is InChI=1S/C19H29N5O2/c1-18(12-19(18)6-8-20-9-7-19)16(26)24-10-4-13-14(5-11-24)21-17(23(2)3)22-15(13)25/h20H,4-12H2,1-3H3,(H,21,22,25). The van der Waals surface area contributed by atoms with Gasteiger partial charge in [0.1, 0.15) is 0 Å². The minimum absolute atomic E-state index is 0.0690. The quantitative estimate of drug-likeness (QED) is 0.806. The number of hydrogen-bond acceptors (Lipinski definition) is 5. The first-order valence-corrected chi connectivity index (χ1v) is 9.66. The maximum Gasteiger partial charge on any atom is 0.255 e. The van der Waals surface area contributed by atoms with Crippen molar-refractivity contribution < 1.29 is 4.79 Å². The molecule has 1 saturated carbocycles. The van der Waals surface area contributed by atoms with Crippen molar-refractivity contribution in [1.82, 2.24) is 20.2 Å². The second-order valence-corrected chi connectivity index (χ2v) is 8.54. The van der Waals surface area contributed by atoms with Crippen molar-refractivity contribution in [1.29, 1.82) is 0 Å². The molecule has 1 aromatic heterocycles. The lowest BCUT2D eigenvalue weighted by Gasteiger charge is -2.31. The van der Waals surface area contributed by atoms with Crippen LogP contribution in [-0.4, -0.2) is 61.0 Å². The average molecular weight is 359 g/mol. The molecule has 2 N–H and O–H groups in total. The molecular formula is C19H29N5O2. The minimum atomic E-state index is -0.222. The summed E-state index contributed by atoms with van der Waals surface area (Å²) < 4.78 is 0. The van der Waals surface area contributed by atoms with Crippen molar-refractivity contribution >= 4 is 11.9 Å². The summed E-state index contributed by atoms with van der Waals surface area (Å²) in [5.41, 5.74) is 1.48. The Morgan fingerprint density at radius 2 is 1.88 bits per heavy atom. The van der Waals surface area contributed by atoms with Crippen LogP contribution in [0.1, 0.15) is 37.4 Å². The zero-order valence-electron chi connectivity index (χ0n) is 16.0. The second kappa shape index (κ2) is 6.08. The van der Waals surface area contributed by atoms with E-state index in [9.17, 15) is 9.59 Å². The Bertz CT molecular complexity index is 781. The molecule has 26 heavy (non-hydrogen) atoms. The molecule has 3 heterocycles. The summed E-state index contributed by atoms with van der Waals surface area (Å²) in [6.07, 6.45) is 4.43. The molecule has 7 nitrogen and oxygen atoms in total. The van der Waals surface area contributed by atoms with E-state index < -0.39 is 0 Å². The molecule has 2 fully saturated rings. The van der Waals surface area contributed by atoms with Crippen LogP contribution >= 0.6 is 0 Å². The van der Waals surface area contributed by atoms with Gasteiger partial charge >= 0.3 is 0 Å². The van der Waals surface area contributed by atoms with Crippen molar-refractivity contribution in [3.8, 4) is 0 Å². The first kappa shape index (κ1) is 17.5. The minimum Gasteiger partial charge on any atom is -0.348 e. The van der Waals surface area contributed by atoms with Gasteiger partial charge in [0.15, 0.2) is 0 Å². The van der Waals surface area contributed by atoms with Gasteiger partial charge in [0, 0.05) is 39.2 Å². The zero-order valence-corrected chi connectivity index (χ0v) is 16.0. The highest BCUT2D eigenvalue weighted by atomic mass is 16.2. The predicted octanol–water partition coefficient (Wildman–Crippen LogP) is 0.543. The van der Waals surface area contributed by atoms with Gasteiger partial charge in [0.05, 0.1) is 11.1 Å². The lowest BCUT2D eigenvalue weighted by Crippen LogP contribution is -2.42. The van der Waals surface area contributed by atoms with Crippen LogP contribution in [0.3, 0.4) is 0 Å². The fourth-order valence-corrected chi connectivity index (χ4v) is 4.93. The van der Waals surface area contributed by atoms with Crippen LogP contribution in [0.15, 0.2) is 4.79 Å². The molecule has 7 heteroatoms. The molecule has 142 valence electrons. The third-order valence-electron chi connectivity index (χ3n) is 6.82. The first-order valence-electron chi connectivity index (χ1n) is 9.66. The summed E-state index contributed by atoms with van der Waals surface area (Å²) in [5.74, 6) is 0.854. The summed E-state index contributed by atoms with van der Waals surface area (Å²) in [6.45, 7) is 5.44. The number of amides is 1. The van der Waals surface area contributed by atoms with Gasteiger partial charge in [-0.2, -0.15) is 0 Å². The number of hydrogen-bond donors (Lipinski definition) is 2. The number of carbonyl (C=O) groups is 1. The Morgan fingerprint density at radius 1 is 1.19 bits per heavy atom. The number of nitrogens with one attached hydrogen (secondary N) is 2. The smallest absolute Gasteiger partial charge is 0.255 e. The molecule has 1 spiro atoms. The van der Waals surface area contributed by atoms with Gasteiger partial charge in [-0.05, 0) is 44.2 Å². The number of anilines is 1. The van der Waals surface area contributed by atoms with Gasteiger partial charge in [0.25, 0.3) is 5.56 Å². The molecule has 4 rings (SSSR count). The van der Waals surface area contributed by atoms with E-state index in [2.05, 4.69) is 22.2 Å². The van der Waals surface area contributed by atoms with E-state index in [-0.39, 0.29) is 22.3 Å². The number of nitrogens with zero attached hydrogens (tertiary/aromatic N) is 3. The van der Waals surface area contributed by atoms with E-state index in [0.29, 0.717) is 31.9 Å². The van der Waals surface area contributed by atoms with Crippen LogP contribution in [0.25, 0.3) is 0 Å². The van der Waals surface area contributed by atoms with Crippen LogP contribution in [-0.2, 0) is 17.6 Å². The highest BCUT2D eigenvalue weighted by Gasteiger charge is 2.68. The van der Waals surface area contributed by atoms with E-state index in [0.717, 1.165) is 43.6 Å². The Morgan fingerprint density at radius 3 is 2.58 bits per heavy atom. The second-order valence-electron chi connectivity index (χ2n) is 8.54. The highest BCUT2D eigenvalue weighted by Crippen LogP contribution is 2.69. The number of fused-ring (bicyclic) bond motifs is 1. The maximum atomic E-state index is 13.3. The van der Waals surface area contributed by atoms with Gasteiger partial charge in [-0.3, -0.25) is 14.6 Å². The normalized spacial score (nSPS) is 27.0. The molecule has 0 aromatic carbocycles. The fourth-order valence-electron chi connectivity index (χ4n) is 4.93. The largest absolute Gasteiger partial charge is 0.348 e. The van der Waals surface area contributed by atoms with Crippen LogP contribution in [0.2, 0.25) is 0 Å². The van der Waals surface area contributed by atoms with Crippen molar-refractivity contribution in [3.05, 3.63) is 21.6 Å². The van der Waals surface area contributed by atoms with Crippen molar-refractivity contribution in [2.24, 2.45) is 10.8 Å². The molecule has 1 unspecified atom stereocenters. The molecular weight excluding hydrogens is 330 g/mol. The Balaban J connectivity index is 1.52. The number of piperidine rings is 1. The van der Waals surface area contributed by atoms with Gasteiger partial charge in [-0.15, -0.1) is 0 Å². The van der Waals surface area contributed by atoms with E-state index in [1.807, 2.05) is 23.9 Å². The van der Waals surface area contributed by atoms with Gasteiger partial charge < -0.3 is 15.1 Å². The molecule has 0 radical (unpaired) electrons. The van der Waals surface area contributed by atoms with Crippen LogP contribution in [0.4, 0.5) is 5.95 Å². The molecule has 3 aliphatic rings. The van der Waals surface area contributed by atoms with E-state index in [1.54, 1.807) is 0 Å². The van der Waals surface area contributed by atoms with Crippen LogP contribution in [0, 0.1) is 10.8 Å². The summed E-state index contributed by atoms with van der Waals surface area (Å²) in [7, 11) is 3.73. The maximum absolute atomic E-state index is 13.3. The summed E-state index contributed by atoms with van der Waals surface area (Å²) in [6, 6.07) is 0. The molecule has 2 aliphatic heterocycles. The van der Waals surface area contributed by atoms with Crippen LogP contribution < -0.4 is 15.8 Å². The molecule has 0 bridgehead atoms. The van der Waals surface area contributed by atoms with Crippen molar-refractivity contribution in [2.45, 2.75) is 39.0 Å². The number of rotatable bonds is 2. The Labute approximate surface area is 154 Å². The lowest BCUT2D eigenvalue weighted by molar-refractivity contribution is -0.138. The van der Waals surface area contributed by atoms with Gasteiger partial charge in [-0.25, -0.2) is 4.98 Å². The molecule has 1 atom stereocenters. The summed E-state index contributed by atoms with van der Waals surface area (Å²) >= 11 is 0. The topological polar surface area (TPSA) is 81.3 Å². The van der Waals surface area contributed by atoms with E-state index in [4.69, 9.17) is 0 Å². The third kappa shape index (κ3) is 2.64. The molecule has 1 aliphatic carbocycles. The monoisotopic (exact) mass is 359 g/mol. The lowest BCUT2D eigenvalue weighted by atomic mass is 9.85. The number of carbonyl (C=O) groups excluding carboxylic acids is 1. The highest BCUT2D eigenvalue weighted by molar-refractivity contribution is 5.87. The predicted molar refractivity (Wildman–Crippen MR) is 100 cm³/mol. The summed E-state index contributed by atoms with van der Waals surface area (Å²) in [5, 5.41) is 3.40. The molecule has 1 aromatic rings. The number of H-pyrrole nitrogens is 1. The first-order chi connectivity index (χ1) is 12.4. The van der Waals surface area contributed by atoms with E-state index in [1.165, 1.54) is 0 Å². The van der Waals surface area contributed by atoms with Gasteiger partial charge in [-0.1, -0.05) is 6.92 Å². The van der Waals surface area contributed by atoms with E-state index >= 15 is 0 Å². The Kier molecular flexibility index (Phi) is 4.10. The van der Waals surface area contributed by atoms with Crippen molar-refractivity contribution in [2.75, 3.05) is 45.2 Å². The van der Waals surface area contributed by atoms with Gasteiger partial charge in [0.2, 0.25) is 11.9 Å². The average Bonchev–Trinajstić information content (AvgIpc) is 3.26. The third-order valence-corrected chi connectivity index (χ3v) is 6.82. The molecule has 1 saturated heterocycles. The fraction of sp³-hybridized carbons (Fsp3) is 0.737. The molecule has 1 amide bonds. The zero-order chi connectivity index (χ0) is 18.5. The van der Waals surface area contributed by atoms with Crippen LogP contribution in [0.5, 0.6) is 0 Å². The summed E-state index contributed by atoms with van der Waals surface area (Å²) in [4.78, 5) is 37.0. The number of aromatic amines is 1. The Hall–Kier alpha value is -1.89. The van der Waals surface area contributed by atoms with Crippen molar-refractivity contribution in [3.63, 3.8) is 0 Å². The SMILES string of the molecule is CN(C)c1nc2c(c(=O)[nH]1)CCN(C(=O)C1(C)CC13CCNCC3)CC2. The number of aromatic nitrogens is 2.